The Kier molecular flexibility index (Phi) is 4.26. The lowest BCUT2D eigenvalue weighted by atomic mass is 9.81. The normalized spacial score (nSPS) is 16.4. The van der Waals surface area contributed by atoms with Gasteiger partial charge in [0, 0.05) is 22.6 Å². The minimum absolute atomic E-state index is 0.203. The summed E-state index contributed by atoms with van der Waals surface area (Å²) in [6, 6.07) is 10.5. The smallest absolute Gasteiger partial charge is 0.327 e. The highest BCUT2D eigenvalue weighted by molar-refractivity contribution is 6.32. The topological polar surface area (TPSA) is 113 Å². The van der Waals surface area contributed by atoms with Crippen LogP contribution in [0.4, 0.5) is 5.82 Å². The molecule has 2 aromatic carbocycles. The molecule has 0 fully saturated rings. The first kappa shape index (κ1) is 19.2. The molecule has 3 N–H and O–H groups in total. The van der Waals surface area contributed by atoms with Crippen molar-refractivity contribution in [1.82, 2.24) is 9.97 Å². The second-order valence-electron chi connectivity index (χ2n) is 7.16. The maximum Gasteiger partial charge on any atom is 0.327 e. The van der Waals surface area contributed by atoms with Gasteiger partial charge in [0.05, 0.1) is 30.5 Å². The third kappa shape index (κ3) is 2.72. The van der Waals surface area contributed by atoms with Gasteiger partial charge < -0.3 is 14.8 Å². The molecule has 0 amide bonds. The van der Waals surface area contributed by atoms with Gasteiger partial charge in [0.15, 0.2) is 17.3 Å². The van der Waals surface area contributed by atoms with E-state index in [1.165, 1.54) is 14.2 Å². The monoisotopic (exact) mass is 437 g/mol. The highest BCUT2D eigenvalue weighted by Gasteiger charge is 2.42. The summed E-state index contributed by atoms with van der Waals surface area (Å²) in [6.45, 7) is 0. The van der Waals surface area contributed by atoms with E-state index in [1.807, 2.05) is 12.1 Å². The number of fused-ring (bicyclic) bond motifs is 3. The quantitative estimate of drug-likeness (QED) is 0.580. The van der Waals surface area contributed by atoms with Crippen LogP contribution in [0.1, 0.15) is 33.0 Å². The van der Waals surface area contributed by atoms with Crippen molar-refractivity contribution in [3.05, 3.63) is 90.1 Å². The van der Waals surface area contributed by atoms with Crippen molar-refractivity contribution in [1.29, 1.82) is 0 Å². The van der Waals surface area contributed by atoms with Crippen LogP contribution in [0.5, 0.6) is 11.5 Å². The van der Waals surface area contributed by atoms with Gasteiger partial charge in [0.1, 0.15) is 5.82 Å². The molecule has 2 heterocycles. The maximum absolute atomic E-state index is 13.4. The molecular formula is C22H16ClN3O5. The first-order valence-corrected chi connectivity index (χ1v) is 9.75. The number of H-pyrrole nitrogens is 2. The first-order chi connectivity index (χ1) is 14.9. The predicted molar refractivity (Wildman–Crippen MR) is 115 cm³/mol. The van der Waals surface area contributed by atoms with Crippen molar-refractivity contribution in [3.8, 4) is 11.5 Å². The largest absolute Gasteiger partial charge is 0.493 e. The van der Waals surface area contributed by atoms with Gasteiger partial charge in [-0.05, 0) is 17.7 Å². The standard InChI is InChI=1S/C22H16ClN3O5/c1-30-13-8-9(7-12(23)19(13)31-2)14-15-17(10-5-3-4-6-11(10)18(15)27)24-20-16(14)21(28)26-22(29)25-20/h3-8,14H,1-2H3,(H3,24,25,26,28,29). The number of methoxy groups -OCH3 is 2. The van der Waals surface area contributed by atoms with Crippen molar-refractivity contribution < 1.29 is 14.3 Å². The van der Waals surface area contributed by atoms with E-state index in [-0.39, 0.29) is 22.2 Å². The summed E-state index contributed by atoms with van der Waals surface area (Å²) in [7, 11) is 2.94. The molecule has 31 heavy (non-hydrogen) atoms. The molecule has 3 aromatic rings. The zero-order valence-corrected chi connectivity index (χ0v) is 17.2. The molecule has 9 heteroatoms. The molecule has 8 nitrogen and oxygen atoms in total. The number of aromatic amines is 2. The minimum atomic E-state index is -0.788. The summed E-state index contributed by atoms with van der Waals surface area (Å²) >= 11 is 6.43. The van der Waals surface area contributed by atoms with E-state index in [0.29, 0.717) is 39.5 Å². The van der Waals surface area contributed by atoms with E-state index in [1.54, 1.807) is 24.3 Å². The minimum Gasteiger partial charge on any atom is -0.493 e. The third-order valence-electron chi connectivity index (χ3n) is 5.55. The number of aromatic nitrogens is 2. The summed E-state index contributed by atoms with van der Waals surface area (Å²) in [6.07, 6.45) is 0. The third-order valence-corrected chi connectivity index (χ3v) is 5.83. The zero-order chi connectivity index (χ0) is 21.9. The van der Waals surface area contributed by atoms with Crippen LogP contribution in [0, 0.1) is 0 Å². The van der Waals surface area contributed by atoms with E-state index in [0.717, 1.165) is 0 Å². The van der Waals surface area contributed by atoms with Crippen molar-refractivity contribution in [2.24, 2.45) is 0 Å². The number of hydrogen-bond acceptors (Lipinski definition) is 6. The number of anilines is 1. The van der Waals surface area contributed by atoms with E-state index in [9.17, 15) is 14.4 Å². The van der Waals surface area contributed by atoms with E-state index in [4.69, 9.17) is 21.1 Å². The van der Waals surface area contributed by atoms with Crippen molar-refractivity contribution in [2.45, 2.75) is 5.92 Å². The second kappa shape index (κ2) is 6.88. The van der Waals surface area contributed by atoms with Crippen LogP contribution >= 0.6 is 11.6 Å². The number of Topliss-reactive ketones (excluding diaryl/α,β-unsaturated/α-hetero) is 1. The Balaban J connectivity index is 1.84. The van der Waals surface area contributed by atoms with Gasteiger partial charge in [-0.3, -0.25) is 19.6 Å². The fourth-order valence-electron chi connectivity index (χ4n) is 4.29. The summed E-state index contributed by atoms with van der Waals surface area (Å²) in [5, 5.41) is 3.35. The Labute approximate surface area is 180 Å². The molecule has 0 saturated heterocycles. The second-order valence-corrected chi connectivity index (χ2v) is 7.56. The van der Waals surface area contributed by atoms with Gasteiger partial charge in [-0.1, -0.05) is 35.9 Å². The van der Waals surface area contributed by atoms with Crippen LogP contribution in [0.15, 0.2) is 51.6 Å². The Morgan fingerprint density at radius 1 is 0.968 bits per heavy atom. The Bertz CT molecular complexity index is 1420. The van der Waals surface area contributed by atoms with Crippen LogP contribution in [0.3, 0.4) is 0 Å². The highest BCUT2D eigenvalue weighted by atomic mass is 35.5. The maximum atomic E-state index is 13.4. The van der Waals surface area contributed by atoms with Gasteiger partial charge in [-0.2, -0.15) is 0 Å². The van der Waals surface area contributed by atoms with Crippen molar-refractivity contribution in [2.75, 3.05) is 19.5 Å². The molecule has 0 bridgehead atoms. The summed E-state index contributed by atoms with van der Waals surface area (Å²) in [5.74, 6) is -0.0639. The average molecular weight is 438 g/mol. The van der Waals surface area contributed by atoms with Gasteiger partial charge in [0.25, 0.3) is 5.56 Å². The number of allylic oxidation sites excluding steroid dienone is 1. The number of halogens is 1. The molecule has 0 spiro atoms. The van der Waals surface area contributed by atoms with Crippen molar-refractivity contribution in [3.63, 3.8) is 0 Å². The predicted octanol–water partition coefficient (Wildman–Crippen LogP) is 2.90. The number of nitrogens with one attached hydrogen (secondary N) is 3. The number of carbonyl (C=O) groups is 1. The lowest BCUT2D eigenvalue weighted by Crippen LogP contribution is -2.33. The zero-order valence-electron chi connectivity index (χ0n) is 16.5. The number of rotatable bonds is 3. The lowest BCUT2D eigenvalue weighted by Gasteiger charge is -2.28. The molecule has 156 valence electrons. The van der Waals surface area contributed by atoms with Crippen LogP contribution in [-0.2, 0) is 0 Å². The van der Waals surface area contributed by atoms with Crippen LogP contribution in [0.2, 0.25) is 5.02 Å². The van der Waals surface area contributed by atoms with Crippen LogP contribution in [-0.4, -0.2) is 30.0 Å². The number of ether oxygens (including phenoxy) is 2. The molecule has 0 radical (unpaired) electrons. The van der Waals surface area contributed by atoms with Crippen LogP contribution in [0.25, 0.3) is 5.70 Å². The highest BCUT2D eigenvalue weighted by Crippen LogP contribution is 2.49. The Morgan fingerprint density at radius 2 is 1.71 bits per heavy atom. The van der Waals surface area contributed by atoms with E-state index in [2.05, 4.69) is 15.3 Å². The number of hydrogen-bond donors (Lipinski definition) is 3. The molecule has 1 aromatic heterocycles. The first-order valence-electron chi connectivity index (χ1n) is 9.37. The molecule has 1 unspecified atom stereocenters. The molecule has 2 aliphatic rings. The summed E-state index contributed by atoms with van der Waals surface area (Å²) in [5.41, 5.74) is 1.67. The fourth-order valence-corrected chi connectivity index (χ4v) is 4.59. The summed E-state index contributed by atoms with van der Waals surface area (Å²) < 4.78 is 10.7. The fraction of sp³-hybridized carbons (Fsp3) is 0.136. The van der Waals surface area contributed by atoms with Crippen molar-refractivity contribution >= 4 is 28.9 Å². The lowest BCUT2D eigenvalue weighted by molar-refractivity contribution is 0.103. The Hall–Kier alpha value is -3.78. The van der Waals surface area contributed by atoms with Crippen LogP contribution < -0.4 is 26.0 Å². The molecule has 0 saturated carbocycles. The molecule has 5 rings (SSSR count). The van der Waals surface area contributed by atoms with Gasteiger partial charge in [-0.15, -0.1) is 0 Å². The van der Waals surface area contributed by atoms with Gasteiger partial charge in [0.2, 0.25) is 0 Å². The SMILES string of the molecule is COc1cc(C2C3=C(Nc4[nH]c(=O)[nH]c(=O)c42)c2ccccc2C3=O)cc(Cl)c1OC. The molecule has 1 atom stereocenters. The average Bonchev–Trinajstić information content (AvgIpc) is 3.03. The molecule has 1 aliphatic heterocycles. The Morgan fingerprint density at radius 3 is 2.42 bits per heavy atom. The molecular weight excluding hydrogens is 422 g/mol. The van der Waals surface area contributed by atoms with Gasteiger partial charge in [-0.25, -0.2) is 4.79 Å². The van der Waals surface area contributed by atoms with Gasteiger partial charge >= 0.3 is 5.69 Å². The van der Waals surface area contributed by atoms with E-state index >= 15 is 0 Å². The van der Waals surface area contributed by atoms with E-state index < -0.39 is 17.2 Å². The number of benzene rings is 2. The number of carbonyl (C=O) groups excluding carboxylic acids is 1. The summed E-state index contributed by atoms with van der Waals surface area (Å²) in [4.78, 5) is 43.1. The number of ketones is 1. The molecule has 1 aliphatic carbocycles.